The molecule has 15 heavy (non-hydrogen) atoms. The predicted molar refractivity (Wildman–Crippen MR) is 59.0 cm³/mol. The quantitative estimate of drug-likeness (QED) is 0.618. The Labute approximate surface area is 103 Å². The van der Waals surface area contributed by atoms with Gasteiger partial charge in [0.25, 0.3) is 0 Å². The molecule has 0 amide bonds. The molecule has 0 aromatic heterocycles. The Morgan fingerprint density at radius 2 is 2.07 bits per heavy atom. The van der Waals surface area contributed by atoms with E-state index >= 15 is 0 Å². The summed E-state index contributed by atoms with van der Waals surface area (Å²) in [6, 6.07) is 13.6. The van der Waals surface area contributed by atoms with Crippen LogP contribution in [0.25, 0.3) is 22.9 Å². The zero-order valence-corrected chi connectivity index (χ0v) is 10.2. The molecule has 0 aliphatic heterocycles. The number of fused-ring (bicyclic) bond motifs is 3. The normalized spacial score (nSPS) is 11.7. The Kier molecular flexibility index (Phi) is 2.82. The van der Waals surface area contributed by atoms with Gasteiger partial charge in [-0.1, -0.05) is 17.5 Å². The summed E-state index contributed by atoms with van der Waals surface area (Å²) in [6.07, 6.45) is 9.32. The van der Waals surface area contributed by atoms with E-state index in [4.69, 9.17) is 0 Å². The average molecular weight is 371 g/mol. The van der Waals surface area contributed by atoms with Gasteiger partial charge in [0.1, 0.15) is 0 Å². The molecular formula is C14H8Pt. The molecule has 0 nitrogen and oxygen atoms in total. The van der Waals surface area contributed by atoms with Crippen LogP contribution in [-0.2, 0) is 21.1 Å². The molecule has 0 radical (unpaired) electrons. The predicted octanol–water partition coefficient (Wildman–Crippen LogP) is 1.65. The standard InChI is InChI=1S/C14H8.Pt/c1-3-7-13-11(5-1)9-10-12-6-2-4-8-14(12)13;/h1-6,9-10H;. The summed E-state index contributed by atoms with van der Waals surface area (Å²) >= 11 is 0. The van der Waals surface area contributed by atoms with Crippen molar-refractivity contribution in [3.8, 4) is 0 Å². The fraction of sp³-hybridized carbons (Fsp3) is 0. The Morgan fingerprint density at radius 1 is 1.13 bits per heavy atom. The molecule has 3 rings (SSSR count). The van der Waals surface area contributed by atoms with Crippen LogP contribution in [0.4, 0.5) is 0 Å². The topological polar surface area (TPSA) is 0 Å². The molecule has 1 heteroatoms. The summed E-state index contributed by atoms with van der Waals surface area (Å²) < 4.78 is 0. The molecule has 0 unspecified atom stereocenters. The number of hydrogen-bond acceptors (Lipinski definition) is 0. The van der Waals surface area contributed by atoms with Crippen molar-refractivity contribution in [3.05, 3.63) is 59.0 Å². The van der Waals surface area contributed by atoms with Crippen LogP contribution in [0.5, 0.6) is 0 Å². The van der Waals surface area contributed by atoms with Crippen molar-refractivity contribution in [3.63, 3.8) is 0 Å². The van der Waals surface area contributed by atoms with E-state index < -0.39 is 0 Å². The molecule has 1 aliphatic carbocycles. The molecule has 2 aromatic rings. The van der Waals surface area contributed by atoms with Crippen LogP contribution >= 0.6 is 0 Å². The van der Waals surface area contributed by atoms with Gasteiger partial charge in [-0.25, -0.2) is 0 Å². The van der Waals surface area contributed by atoms with Gasteiger partial charge in [-0.3, -0.25) is 0 Å². The van der Waals surface area contributed by atoms with Crippen molar-refractivity contribution < 1.29 is 21.1 Å². The minimum absolute atomic E-state index is 0. The van der Waals surface area contributed by atoms with Gasteiger partial charge in [-0.2, -0.15) is 0 Å². The van der Waals surface area contributed by atoms with Gasteiger partial charge in [0, 0.05) is 38.4 Å². The van der Waals surface area contributed by atoms with E-state index in [0.29, 0.717) is 0 Å². The third-order valence-electron chi connectivity index (χ3n) is 2.47. The van der Waals surface area contributed by atoms with Crippen molar-refractivity contribution in [1.29, 1.82) is 0 Å². The van der Waals surface area contributed by atoms with E-state index in [2.05, 4.69) is 36.4 Å². The van der Waals surface area contributed by atoms with Crippen molar-refractivity contribution >= 4 is 22.9 Å². The van der Waals surface area contributed by atoms with Gasteiger partial charge in [0.2, 0.25) is 0 Å². The minimum Gasteiger partial charge on any atom is -0.140 e. The Balaban J connectivity index is 0.000000853. The molecule has 0 spiro atoms. The third-order valence-corrected chi connectivity index (χ3v) is 2.47. The zero-order chi connectivity index (χ0) is 9.38. The summed E-state index contributed by atoms with van der Waals surface area (Å²) in [4.78, 5) is 0. The van der Waals surface area contributed by atoms with Gasteiger partial charge in [0.15, 0.2) is 0 Å². The van der Waals surface area contributed by atoms with E-state index in [1.54, 1.807) is 0 Å². The first-order chi connectivity index (χ1) is 6.95. The molecule has 0 saturated heterocycles. The monoisotopic (exact) mass is 371 g/mol. The molecule has 1 aliphatic rings. The van der Waals surface area contributed by atoms with Crippen LogP contribution in [0.2, 0.25) is 0 Å². The maximum atomic E-state index is 3.26. The second kappa shape index (κ2) is 4.11. The summed E-state index contributed by atoms with van der Waals surface area (Å²) in [5, 5.41) is 4.76. The van der Waals surface area contributed by atoms with Gasteiger partial charge in [-0.15, -0.1) is 18.2 Å². The molecule has 74 valence electrons. The fourth-order valence-electron chi connectivity index (χ4n) is 1.79. The Hall–Kier alpha value is -1.22. The Morgan fingerprint density at radius 3 is 3.00 bits per heavy atom. The van der Waals surface area contributed by atoms with Crippen LogP contribution in [0.15, 0.2) is 42.5 Å². The molecule has 0 saturated carbocycles. The van der Waals surface area contributed by atoms with E-state index in [0.717, 1.165) is 10.6 Å². The molecular weight excluding hydrogens is 363 g/mol. The second-order valence-corrected chi connectivity index (χ2v) is 3.33. The summed E-state index contributed by atoms with van der Waals surface area (Å²) in [6.45, 7) is 0. The largest absolute Gasteiger partial charge is 0.140 e. The molecule has 2 aromatic carbocycles. The van der Waals surface area contributed by atoms with Gasteiger partial charge >= 0.3 is 0 Å². The molecule has 0 bridgehead atoms. The van der Waals surface area contributed by atoms with Gasteiger partial charge in [-0.05, 0) is 17.5 Å². The molecule has 0 N–H and O–H groups in total. The minimum atomic E-state index is 0. The van der Waals surface area contributed by atoms with Crippen LogP contribution in [0.3, 0.4) is 0 Å². The van der Waals surface area contributed by atoms with E-state index in [1.807, 2.05) is 24.3 Å². The SMILES string of the molecule is [C+]1=c2c(ccc3ccc[c-]c23)=CC=C1.[Pt]. The maximum Gasteiger partial charge on any atom is 0.0821 e. The number of hydrogen-bond donors (Lipinski definition) is 0. The number of allylic oxidation sites excluding steroid dienone is 2. The van der Waals surface area contributed by atoms with Gasteiger partial charge in [0.05, 0.1) is 11.3 Å². The number of benzene rings is 2. The average Bonchev–Trinajstić information content (AvgIpc) is 2.29. The van der Waals surface area contributed by atoms with E-state index in [9.17, 15) is 0 Å². The van der Waals surface area contributed by atoms with Crippen LogP contribution < -0.4 is 10.4 Å². The van der Waals surface area contributed by atoms with E-state index in [-0.39, 0.29) is 21.1 Å². The van der Waals surface area contributed by atoms with Crippen molar-refractivity contribution in [2.75, 3.05) is 0 Å². The maximum absolute atomic E-state index is 3.26. The Bertz CT molecular complexity index is 636. The molecule has 0 fully saturated rings. The molecule has 0 heterocycles. The fourth-order valence-corrected chi connectivity index (χ4v) is 1.79. The van der Waals surface area contributed by atoms with Crippen LogP contribution in [-0.4, -0.2) is 0 Å². The van der Waals surface area contributed by atoms with Gasteiger partial charge < -0.3 is 0 Å². The third kappa shape index (κ3) is 1.67. The number of rotatable bonds is 0. The van der Waals surface area contributed by atoms with Crippen molar-refractivity contribution in [1.82, 2.24) is 0 Å². The summed E-state index contributed by atoms with van der Waals surface area (Å²) in [7, 11) is 0. The summed E-state index contributed by atoms with van der Waals surface area (Å²) in [5.74, 6) is 0. The van der Waals surface area contributed by atoms with Crippen molar-refractivity contribution in [2.24, 2.45) is 0 Å². The van der Waals surface area contributed by atoms with E-state index in [1.165, 1.54) is 10.6 Å². The summed E-state index contributed by atoms with van der Waals surface area (Å²) in [5.41, 5.74) is 0. The smallest absolute Gasteiger partial charge is 0.0821 e. The first-order valence-electron chi connectivity index (χ1n) is 4.65. The molecule has 0 atom stereocenters. The first-order valence-corrected chi connectivity index (χ1v) is 4.65. The second-order valence-electron chi connectivity index (χ2n) is 3.33. The van der Waals surface area contributed by atoms with Crippen LogP contribution in [0.1, 0.15) is 0 Å². The first kappa shape index (κ1) is 10.3. The van der Waals surface area contributed by atoms with Crippen molar-refractivity contribution in [2.45, 2.75) is 0 Å². The zero-order valence-electron chi connectivity index (χ0n) is 7.94. The van der Waals surface area contributed by atoms with Crippen LogP contribution in [0, 0.1) is 6.07 Å².